The van der Waals surface area contributed by atoms with Crippen molar-refractivity contribution in [3.8, 4) is 0 Å². The molecule has 0 saturated carbocycles. The third kappa shape index (κ3) is 14.5. The molecule has 0 N–H and O–H groups in total. The van der Waals surface area contributed by atoms with Gasteiger partial charge in [-0.05, 0) is 27.7 Å². The van der Waals surface area contributed by atoms with Crippen molar-refractivity contribution in [2.45, 2.75) is 35.1 Å². The number of aryl methyl sites for hydroxylation is 4. The first kappa shape index (κ1) is 24.3. The number of halogens is 2. The number of hydrogen-bond donors (Lipinski definition) is 0. The van der Waals surface area contributed by atoms with Gasteiger partial charge in [0.25, 0.3) is 0 Å². The molecule has 0 atom stereocenters. The van der Waals surface area contributed by atoms with Crippen LogP contribution in [0.4, 0.5) is 8.78 Å². The fraction of sp³-hybridized carbons (Fsp3) is 0.368. The highest BCUT2D eigenvalue weighted by atomic mass is 19.1. The highest BCUT2D eigenvalue weighted by Gasteiger charge is 1.81. The summed E-state index contributed by atoms with van der Waals surface area (Å²) in [5, 5.41) is 0. The second-order valence-corrected chi connectivity index (χ2v) is 4.31. The normalized spacial score (nSPS) is 7.62. The molecule has 0 amide bonds. The molecule has 0 aromatic heterocycles. The lowest BCUT2D eigenvalue weighted by Gasteiger charge is -1.90. The molecule has 0 radical (unpaired) electrons. The van der Waals surface area contributed by atoms with Crippen LogP contribution >= 0.6 is 0 Å². The predicted octanol–water partition coefficient (Wildman–Crippen LogP) is 6.41. The Kier molecular flexibility index (Phi) is 18.9. The molecule has 2 heteroatoms. The largest absolute Gasteiger partial charge is 0.255 e. The van der Waals surface area contributed by atoms with E-state index in [4.69, 9.17) is 0 Å². The van der Waals surface area contributed by atoms with Crippen LogP contribution in [0.15, 0.2) is 48.5 Å². The van der Waals surface area contributed by atoms with Gasteiger partial charge >= 0.3 is 0 Å². The van der Waals surface area contributed by atoms with E-state index in [2.05, 4.69) is 76.2 Å². The Balaban J connectivity index is -0.000000240. The van der Waals surface area contributed by atoms with Gasteiger partial charge in [-0.3, -0.25) is 8.78 Å². The molecular weight excluding hydrogens is 266 g/mol. The van der Waals surface area contributed by atoms with E-state index < -0.39 is 0 Å². The van der Waals surface area contributed by atoms with Gasteiger partial charge in [0, 0.05) is 0 Å². The van der Waals surface area contributed by atoms with Crippen LogP contribution in [0.5, 0.6) is 0 Å². The van der Waals surface area contributed by atoms with Crippen LogP contribution in [0.3, 0.4) is 0 Å². The maximum Gasteiger partial charge on any atom is 0.0785 e. The minimum absolute atomic E-state index is 0. The van der Waals surface area contributed by atoms with Crippen LogP contribution in [-0.2, 0) is 0 Å². The second-order valence-electron chi connectivity index (χ2n) is 4.31. The molecule has 0 heterocycles. The average molecular weight is 296 g/mol. The monoisotopic (exact) mass is 296 g/mol. The van der Waals surface area contributed by atoms with Crippen LogP contribution in [0, 0.1) is 27.7 Å². The Morgan fingerprint density at radius 2 is 0.810 bits per heavy atom. The molecule has 0 aliphatic heterocycles. The van der Waals surface area contributed by atoms with Crippen molar-refractivity contribution >= 4 is 0 Å². The van der Waals surface area contributed by atoms with Crippen LogP contribution in [0.2, 0.25) is 0 Å². The Bertz CT molecular complexity index is 395. The fourth-order valence-corrected chi connectivity index (χ4v) is 1.44. The maximum absolute atomic E-state index is 9.50. The van der Waals surface area contributed by atoms with Gasteiger partial charge in [0.15, 0.2) is 0 Å². The van der Waals surface area contributed by atoms with Crippen molar-refractivity contribution in [1.29, 1.82) is 0 Å². The lowest BCUT2D eigenvalue weighted by atomic mass is 10.2. The van der Waals surface area contributed by atoms with E-state index in [1.165, 1.54) is 22.3 Å². The summed E-state index contributed by atoms with van der Waals surface area (Å²) in [7, 11) is 1.00. The Morgan fingerprint density at radius 1 is 0.524 bits per heavy atom. The summed E-state index contributed by atoms with van der Waals surface area (Å²) in [4.78, 5) is 0. The summed E-state index contributed by atoms with van der Waals surface area (Å²) >= 11 is 0. The Morgan fingerprint density at radius 3 is 1.00 bits per heavy atom. The zero-order chi connectivity index (χ0) is 16.0. The lowest BCUT2D eigenvalue weighted by Crippen LogP contribution is -1.71. The molecule has 2 aromatic carbocycles. The quantitative estimate of drug-likeness (QED) is 0.526. The molecule has 2 rings (SSSR count). The molecule has 120 valence electrons. The van der Waals surface area contributed by atoms with Crippen molar-refractivity contribution in [3.63, 3.8) is 0 Å². The standard InChI is InChI=1S/2C8H10.2CH3F.CH4/c1-7-3-5-8(2)6-4-7;1-7-4-3-5-8(2)6-7;2*1-2;/h2*3-6H,1-2H3;2*1H3;1H4. The molecule has 21 heavy (non-hydrogen) atoms. The molecule has 0 bridgehead atoms. The van der Waals surface area contributed by atoms with Crippen molar-refractivity contribution < 1.29 is 8.78 Å². The van der Waals surface area contributed by atoms with E-state index in [1.807, 2.05) is 0 Å². The summed E-state index contributed by atoms with van der Waals surface area (Å²) in [5.74, 6) is 0. The SMILES string of the molecule is C.CF.CF.Cc1ccc(C)cc1.Cc1cccc(C)c1. The van der Waals surface area contributed by atoms with E-state index in [0.717, 1.165) is 0 Å². The first-order chi connectivity index (χ1) is 9.58. The number of rotatable bonds is 0. The molecule has 0 aliphatic carbocycles. The Labute approximate surface area is 129 Å². The molecule has 0 saturated heterocycles. The maximum atomic E-state index is 9.50. The van der Waals surface area contributed by atoms with Crippen molar-refractivity contribution in [1.82, 2.24) is 0 Å². The van der Waals surface area contributed by atoms with Gasteiger partial charge in [-0.2, -0.15) is 0 Å². The van der Waals surface area contributed by atoms with Crippen molar-refractivity contribution in [2.75, 3.05) is 14.4 Å². The van der Waals surface area contributed by atoms with Crippen LogP contribution in [-0.4, -0.2) is 14.4 Å². The second kappa shape index (κ2) is 16.4. The van der Waals surface area contributed by atoms with Crippen molar-refractivity contribution in [3.05, 3.63) is 70.8 Å². The van der Waals surface area contributed by atoms with Gasteiger partial charge in [-0.15, -0.1) is 0 Å². The summed E-state index contributed by atoms with van der Waals surface area (Å²) in [6.45, 7) is 8.40. The molecule has 0 spiro atoms. The zero-order valence-electron chi connectivity index (χ0n) is 13.4. The van der Waals surface area contributed by atoms with E-state index in [1.54, 1.807) is 0 Å². The van der Waals surface area contributed by atoms with Crippen LogP contribution < -0.4 is 0 Å². The number of benzene rings is 2. The van der Waals surface area contributed by atoms with Crippen molar-refractivity contribution in [2.24, 2.45) is 0 Å². The van der Waals surface area contributed by atoms with Crippen LogP contribution in [0.1, 0.15) is 29.7 Å². The van der Waals surface area contributed by atoms with E-state index in [9.17, 15) is 8.78 Å². The molecule has 0 aliphatic rings. The predicted molar refractivity (Wildman–Crippen MR) is 92.6 cm³/mol. The van der Waals surface area contributed by atoms with Gasteiger partial charge in [-0.25, -0.2) is 0 Å². The van der Waals surface area contributed by atoms with Crippen LogP contribution in [0.25, 0.3) is 0 Å². The van der Waals surface area contributed by atoms with Gasteiger partial charge in [-0.1, -0.05) is 78.2 Å². The molecule has 0 unspecified atom stereocenters. The summed E-state index contributed by atoms with van der Waals surface area (Å²) in [5.41, 5.74) is 5.33. The number of hydrogen-bond acceptors (Lipinski definition) is 0. The molecule has 2 aromatic rings. The molecule has 0 fully saturated rings. The van der Waals surface area contributed by atoms with Gasteiger partial charge in [0.2, 0.25) is 0 Å². The van der Waals surface area contributed by atoms with E-state index >= 15 is 0 Å². The third-order valence-corrected chi connectivity index (χ3v) is 2.39. The summed E-state index contributed by atoms with van der Waals surface area (Å²) in [6, 6.07) is 16.9. The van der Waals surface area contributed by atoms with E-state index in [-0.39, 0.29) is 7.43 Å². The number of alkyl halides is 2. The summed E-state index contributed by atoms with van der Waals surface area (Å²) < 4.78 is 19.0. The lowest BCUT2D eigenvalue weighted by molar-refractivity contribution is 0.635. The molecule has 0 nitrogen and oxygen atoms in total. The zero-order valence-corrected chi connectivity index (χ0v) is 13.4. The minimum Gasteiger partial charge on any atom is -0.255 e. The minimum atomic E-state index is 0. The van der Waals surface area contributed by atoms with Gasteiger partial charge in [0.1, 0.15) is 0 Å². The highest BCUT2D eigenvalue weighted by molar-refractivity contribution is 5.20. The third-order valence-electron chi connectivity index (χ3n) is 2.39. The molecular formula is C19H30F2. The summed E-state index contributed by atoms with van der Waals surface area (Å²) in [6.07, 6.45) is 0. The highest BCUT2D eigenvalue weighted by Crippen LogP contribution is 2.00. The first-order valence-electron chi connectivity index (χ1n) is 6.40. The topological polar surface area (TPSA) is 0 Å². The van der Waals surface area contributed by atoms with E-state index in [0.29, 0.717) is 14.4 Å². The Hall–Kier alpha value is -1.70. The smallest absolute Gasteiger partial charge is 0.0785 e. The van der Waals surface area contributed by atoms with Gasteiger partial charge in [0.05, 0.1) is 14.4 Å². The van der Waals surface area contributed by atoms with Gasteiger partial charge < -0.3 is 0 Å². The first-order valence-corrected chi connectivity index (χ1v) is 6.40. The average Bonchev–Trinajstić information content (AvgIpc) is 2.47. The fourth-order valence-electron chi connectivity index (χ4n) is 1.44.